The van der Waals surface area contributed by atoms with Crippen LogP contribution in [0.2, 0.25) is 0 Å². The van der Waals surface area contributed by atoms with Crippen LogP contribution in [-0.4, -0.2) is 4.57 Å². The second kappa shape index (κ2) is 8.79. The van der Waals surface area contributed by atoms with Crippen molar-refractivity contribution in [2.24, 2.45) is 0 Å². The molecular formula is C37H24N2OS. The highest BCUT2D eigenvalue weighted by Crippen LogP contribution is 2.51. The lowest BCUT2D eigenvalue weighted by molar-refractivity contribution is 0.668. The van der Waals surface area contributed by atoms with Gasteiger partial charge in [-0.25, -0.2) is 0 Å². The van der Waals surface area contributed by atoms with E-state index in [9.17, 15) is 0 Å². The first kappa shape index (κ1) is 22.8. The summed E-state index contributed by atoms with van der Waals surface area (Å²) >= 11 is 1.87. The summed E-state index contributed by atoms with van der Waals surface area (Å²) in [7, 11) is 0. The molecular weight excluding hydrogens is 520 g/mol. The van der Waals surface area contributed by atoms with Crippen LogP contribution in [-0.2, 0) is 0 Å². The van der Waals surface area contributed by atoms with Crippen molar-refractivity contribution in [3.63, 3.8) is 0 Å². The molecule has 0 aliphatic carbocycles. The van der Waals surface area contributed by atoms with Crippen molar-refractivity contribution in [1.82, 2.24) is 4.57 Å². The number of hydrogen-bond acceptors (Lipinski definition) is 3. The number of para-hydroxylation sites is 2. The molecule has 1 aliphatic heterocycles. The van der Waals surface area contributed by atoms with Crippen LogP contribution in [0.25, 0.3) is 60.6 Å². The zero-order chi connectivity index (χ0) is 26.9. The van der Waals surface area contributed by atoms with Crippen molar-refractivity contribution >= 4 is 61.2 Å². The highest BCUT2D eigenvalue weighted by Gasteiger charge is 2.27. The predicted molar refractivity (Wildman–Crippen MR) is 172 cm³/mol. The standard InChI is InChI=1S/C37H24N2OS/c1-2-8-23(9-3-1)25-16-20-32-29(22-25)27-10-4-6-12-31(27)39(32)26-17-14-24(15-18-26)37-38-30-19-21-34-35(36(30)41-37)28-11-5-7-13-33(28)40-34/h1-22,37-38H. The number of hydrogen-bond donors (Lipinski definition) is 1. The van der Waals surface area contributed by atoms with Crippen molar-refractivity contribution in [1.29, 1.82) is 0 Å². The normalized spacial score (nSPS) is 14.7. The van der Waals surface area contributed by atoms with Crippen molar-refractivity contribution in [2.45, 2.75) is 10.3 Å². The zero-order valence-corrected chi connectivity index (χ0v) is 22.9. The second-order valence-electron chi connectivity index (χ2n) is 10.6. The number of benzene rings is 6. The Hall–Kier alpha value is -4.93. The summed E-state index contributed by atoms with van der Waals surface area (Å²) in [5, 5.41) is 8.80. The van der Waals surface area contributed by atoms with Crippen molar-refractivity contribution in [3.8, 4) is 16.8 Å². The van der Waals surface area contributed by atoms with E-state index in [0.29, 0.717) is 0 Å². The van der Waals surface area contributed by atoms with Gasteiger partial charge in [0.1, 0.15) is 16.5 Å². The van der Waals surface area contributed by atoms with Crippen LogP contribution >= 0.6 is 11.8 Å². The van der Waals surface area contributed by atoms with E-state index in [-0.39, 0.29) is 5.37 Å². The van der Waals surface area contributed by atoms with Gasteiger partial charge < -0.3 is 14.3 Å². The maximum Gasteiger partial charge on any atom is 0.136 e. The molecule has 41 heavy (non-hydrogen) atoms. The molecule has 6 aromatic carbocycles. The Kier molecular flexibility index (Phi) is 4.89. The van der Waals surface area contributed by atoms with Crippen LogP contribution in [0.4, 0.5) is 5.69 Å². The number of furan rings is 1. The number of thioether (sulfide) groups is 1. The van der Waals surface area contributed by atoms with Gasteiger partial charge in [0.15, 0.2) is 0 Å². The number of fused-ring (bicyclic) bond motifs is 8. The van der Waals surface area contributed by atoms with E-state index in [1.165, 1.54) is 59.9 Å². The lowest BCUT2D eigenvalue weighted by atomic mass is 10.0. The van der Waals surface area contributed by atoms with Crippen molar-refractivity contribution < 1.29 is 4.42 Å². The highest BCUT2D eigenvalue weighted by molar-refractivity contribution is 8.00. The number of rotatable bonds is 3. The zero-order valence-electron chi connectivity index (χ0n) is 22.0. The van der Waals surface area contributed by atoms with E-state index in [0.717, 1.165) is 16.9 Å². The van der Waals surface area contributed by atoms with Gasteiger partial charge in [-0.1, -0.05) is 96.7 Å². The first-order chi connectivity index (χ1) is 20.3. The first-order valence-corrected chi connectivity index (χ1v) is 14.8. The summed E-state index contributed by atoms with van der Waals surface area (Å²) in [5.41, 5.74) is 10.4. The predicted octanol–water partition coefficient (Wildman–Crippen LogP) is 10.6. The summed E-state index contributed by atoms with van der Waals surface area (Å²) in [4.78, 5) is 1.26. The van der Waals surface area contributed by atoms with Crippen molar-refractivity contribution in [3.05, 3.63) is 139 Å². The molecule has 0 bridgehead atoms. The number of anilines is 1. The molecule has 0 spiro atoms. The molecule has 4 heteroatoms. The van der Waals surface area contributed by atoms with E-state index >= 15 is 0 Å². The molecule has 1 N–H and O–H groups in total. The largest absolute Gasteiger partial charge is 0.456 e. The third kappa shape index (κ3) is 3.47. The average Bonchev–Trinajstić information content (AvgIpc) is 3.73. The van der Waals surface area contributed by atoms with Gasteiger partial charge in [-0.3, -0.25) is 0 Å². The van der Waals surface area contributed by atoms with Crippen LogP contribution in [0.15, 0.2) is 143 Å². The Balaban J connectivity index is 1.11. The lowest BCUT2D eigenvalue weighted by Crippen LogP contribution is -2.01. The quantitative estimate of drug-likeness (QED) is 0.240. The molecule has 1 unspecified atom stereocenters. The van der Waals surface area contributed by atoms with Gasteiger partial charge >= 0.3 is 0 Å². The molecule has 3 heterocycles. The number of nitrogens with zero attached hydrogens (tertiary/aromatic N) is 1. The Bertz CT molecular complexity index is 2260. The Morgan fingerprint density at radius 1 is 0.585 bits per heavy atom. The molecule has 1 atom stereocenters. The van der Waals surface area contributed by atoms with Crippen LogP contribution in [0, 0.1) is 0 Å². The third-order valence-corrected chi connectivity index (χ3v) is 9.54. The Morgan fingerprint density at radius 2 is 1.34 bits per heavy atom. The minimum atomic E-state index is 0.143. The van der Waals surface area contributed by atoms with Crippen LogP contribution < -0.4 is 5.32 Å². The van der Waals surface area contributed by atoms with Gasteiger partial charge in [-0.05, 0) is 65.2 Å². The summed E-state index contributed by atoms with van der Waals surface area (Å²) in [6.07, 6.45) is 0. The maximum atomic E-state index is 6.13. The molecule has 0 saturated heterocycles. The fourth-order valence-electron chi connectivity index (χ4n) is 6.32. The monoisotopic (exact) mass is 544 g/mol. The van der Waals surface area contributed by atoms with Gasteiger partial charge in [-0.15, -0.1) is 0 Å². The number of aromatic nitrogens is 1. The smallest absolute Gasteiger partial charge is 0.136 e. The molecule has 8 aromatic rings. The molecule has 2 aromatic heterocycles. The van der Waals surface area contributed by atoms with E-state index < -0.39 is 0 Å². The Labute approximate surface area is 241 Å². The molecule has 9 rings (SSSR count). The van der Waals surface area contributed by atoms with Crippen LogP contribution in [0.5, 0.6) is 0 Å². The molecule has 0 fully saturated rings. The number of nitrogens with one attached hydrogen (secondary N) is 1. The summed E-state index contributed by atoms with van der Waals surface area (Å²) in [6, 6.07) is 47.7. The second-order valence-corrected chi connectivity index (χ2v) is 11.7. The average molecular weight is 545 g/mol. The first-order valence-electron chi connectivity index (χ1n) is 13.9. The highest BCUT2D eigenvalue weighted by atomic mass is 32.2. The van der Waals surface area contributed by atoms with E-state index in [4.69, 9.17) is 4.42 Å². The molecule has 1 aliphatic rings. The van der Waals surface area contributed by atoms with E-state index in [1.54, 1.807) is 0 Å². The van der Waals surface area contributed by atoms with Gasteiger partial charge in [0.25, 0.3) is 0 Å². The lowest BCUT2D eigenvalue weighted by Gasteiger charge is -2.13. The van der Waals surface area contributed by atoms with Gasteiger partial charge in [0.05, 0.1) is 11.0 Å². The minimum absolute atomic E-state index is 0.143. The van der Waals surface area contributed by atoms with Crippen molar-refractivity contribution in [2.75, 3.05) is 5.32 Å². The SMILES string of the molecule is c1ccc(-c2ccc3c(c2)c2ccccc2n3-c2ccc(C3Nc4ccc5oc6ccccc6c5c4S3)cc2)cc1. The topological polar surface area (TPSA) is 30.1 Å². The maximum absolute atomic E-state index is 6.13. The van der Waals surface area contributed by atoms with Crippen LogP contribution in [0.1, 0.15) is 10.9 Å². The summed E-state index contributed by atoms with van der Waals surface area (Å²) in [6.45, 7) is 0. The molecule has 0 amide bonds. The molecule has 3 nitrogen and oxygen atoms in total. The molecule has 0 radical (unpaired) electrons. The van der Waals surface area contributed by atoms with E-state index in [2.05, 4.69) is 131 Å². The fourth-order valence-corrected chi connectivity index (χ4v) is 7.62. The third-order valence-electron chi connectivity index (χ3n) is 8.25. The minimum Gasteiger partial charge on any atom is -0.456 e. The fraction of sp³-hybridized carbons (Fsp3) is 0.0270. The summed E-state index contributed by atoms with van der Waals surface area (Å²) < 4.78 is 8.52. The van der Waals surface area contributed by atoms with Gasteiger partial charge in [-0.2, -0.15) is 0 Å². The van der Waals surface area contributed by atoms with Crippen LogP contribution in [0.3, 0.4) is 0 Å². The van der Waals surface area contributed by atoms with Gasteiger partial charge in [0, 0.05) is 37.8 Å². The Morgan fingerprint density at radius 3 is 2.22 bits per heavy atom. The van der Waals surface area contributed by atoms with Gasteiger partial charge in [0.2, 0.25) is 0 Å². The van der Waals surface area contributed by atoms with E-state index in [1.807, 2.05) is 23.9 Å². The molecule has 194 valence electrons. The summed E-state index contributed by atoms with van der Waals surface area (Å²) in [5.74, 6) is 0. The molecule has 0 saturated carbocycles.